The maximum atomic E-state index is 9.86. The fourth-order valence-electron chi connectivity index (χ4n) is 0.306. The van der Waals surface area contributed by atoms with E-state index in [1.165, 1.54) is 0 Å². The van der Waals surface area contributed by atoms with Gasteiger partial charge < -0.3 is 9.39 Å². The van der Waals surface area contributed by atoms with Gasteiger partial charge in [-0.1, -0.05) is 11.1 Å². The molecule has 0 aliphatic rings. The zero-order valence-electron chi connectivity index (χ0n) is 4.91. The Morgan fingerprint density at radius 2 is 2.44 bits per heavy atom. The van der Waals surface area contributed by atoms with Crippen LogP contribution in [-0.2, 0) is 15.9 Å². The van der Waals surface area contributed by atoms with Crippen molar-refractivity contribution in [2.75, 3.05) is 12.4 Å². The van der Waals surface area contributed by atoms with Crippen molar-refractivity contribution in [1.29, 1.82) is 0 Å². The number of rotatable bonds is 5. The van der Waals surface area contributed by atoms with Gasteiger partial charge in [0.05, 0.1) is 0 Å². The van der Waals surface area contributed by atoms with Crippen LogP contribution in [0.4, 0.5) is 0 Å². The molecule has 0 saturated carbocycles. The standard InChI is InChI=1S/C4H9NO3S/c1-5-8-3-2-4-9(6)7/h1-4H2,(H,6,7)/p-1. The topological polar surface area (TPSA) is 61.7 Å². The van der Waals surface area contributed by atoms with Crippen LogP contribution in [0, 0.1) is 0 Å². The summed E-state index contributed by atoms with van der Waals surface area (Å²) in [6.45, 7) is 3.37. The predicted molar refractivity (Wildman–Crippen MR) is 33.9 cm³/mol. The maximum absolute atomic E-state index is 9.86. The van der Waals surface area contributed by atoms with E-state index >= 15 is 0 Å². The number of oxime groups is 1. The summed E-state index contributed by atoms with van der Waals surface area (Å²) in [6.07, 6.45) is 0.467. The molecule has 9 heavy (non-hydrogen) atoms. The highest BCUT2D eigenvalue weighted by atomic mass is 32.2. The van der Waals surface area contributed by atoms with E-state index in [-0.39, 0.29) is 5.75 Å². The van der Waals surface area contributed by atoms with E-state index in [0.29, 0.717) is 13.0 Å². The van der Waals surface area contributed by atoms with Crippen LogP contribution in [0.1, 0.15) is 6.42 Å². The Labute approximate surface area is 56.2 Å². The summed E-state index contributed by atoms with van der Waals surface area (Å²) >= 11 is -1.96. The monoisotopic (exact) mass is 150 g/mol. The molecule has 0 saturated heterocycles. The summed E-state index contributed by atoms with van der Waals surface area (Å²) in [6, 6.07) is 0. The second kappa shape index (κ2) is 5.71. The summed E-state index contributed by atoms with van der Waals surface area (Å²) in [5.41, 5.74) is 0. The van der Waals surface area contributed by atoms with E-state index in [2.05, 4.69) is 16.7 Å². The number of hydrogen-bond donors (Lipinski definition) is 0. The Morgan fingerprint density at radius 3 is 2.89 bits per heavy atom. The van der Waals surface area contributed by atoms with E-state index < -0.39 is 11.1 Å². The predicted octanol–water partition coefficient (Wildman–Crippen LogP) is -0.112. The summed E-state index contributed by atoms with van der Waals surface area (Å²) in [7, 11) is 0. The first-order chi connectivity index (χ1) is 4.27. The van der Waals surface area contributed by atoms with Crippen molar-refractivity contribution in [3.8, 4) is 0 Å². The molecule has 0 N–H and O–H groups in total. The van der Waals surface area contributed by atoms with E-state index in [9.17, 15) is 8.76 Å². The van der Waals surface area contributed by atoms with Gasteiger partial charge in [-0.25, -0.2) is 0 Å². The molecular weight excluding hydrogens is 142 g/mol. The van der Waals surface area contributed by atoms with Crippen molar-refractivity contribution in [3.05, 3.63) is 0 Å². The SMILES string of the molecule is C=NOCCCS(=O)[O-]. The Bertz CT molecular complexity index is 106. The van der Waals surface area contributed by atoms with Crippen LogP contribution in [0.2, 0.25) is 0 Å². The molecule has 0 bridgehead atoms. The normalized spacial score (nSPS) is 12.6. The van der Waals surface area contributed by atoms with Crippen LogP contribution in [0.15, 0.2) is 5.16 Å². The molecule has 0 spiro atoms. The fraction of sp³-hybridized carbons (Fsp3) is 0.750. The quantitative estimate of drug-likeness (QED) is 0.238. The molecule has 0 aromatic heterocycles. The van der Waals surface area contributed by atoms with Crippen LogP contribution in [0.25, 0.3) is 0 Å². The van der Waals surface area contributed by atoms with Crippen LogP contribution in [0.3, 0.4) is 0 Å². The first kappa shape index (κ1) is 8.58. The molecule has 1 atom stereocenters. The third-order valence-corrected chi connectivity index (χ3v) is 1.26. The van der Waals surface area contributed by atoms with Gasteiger partial charge in [-0.3, -0.25) is 4.21 Å². The summed E-state index contributed by atoms with van der Waals surface area (Å²) < 4.78 is 19.7. The van der Waals surface area contributed by atoms with Gasteiger partial charge in [0.15, 0.2) is 0 Å². The van der Waals surface area contributed by atoms with E-state index in [1.807, 2.05) is 0 Å². The highest BCUT2D eigenvalue weighted by molar-refractivity contribution is 7.79. The zero-order chi connectivity index (χ0) is 7.11. The van der Waals surface area contributed by atoms with Gasteiger partial charge in [0.2, 0.25) is 0 Å². The van der Waals surface area contributed by atoms with Crippen molar-refractivity contribution < 1.29 is 13.6 Å². The number of hydrogen-bond acceptors (Lipinski definition) is 4. The highest BCUT2D eigenvalue weighted by Gasteiger charge is 1.85. The van der Waals surface area contributed by atoms with Crippen LogP contribution in [0.5, 0.6) is 0 Å². The second-order valence-corrected chi connectivity index (χ2v) is 2.34. The minimum absolute atomic E-state index is 0.121. The van der Waals surface area contributed by atoms with E-state index in [0.717, 1.165) is 0 Å². The molecule has 0 fully saturated rings. The zero-order valence-corrected chi connectivity index (χ0v) is 5.73. The van der Waals surface area contributed by atoms with Gasteiger partial charge in [-0.05, 0) is 6.42 Å². The third-order valence-electron chi connectivity index (χ3n) is 0.638. The molecule has 0 aliphatic carbocycles. The fourth-order valence-corrected chi connectivity index (χ4v) is 0.659. The summed E-state index contributed by atoms with van der Waals surface area (Å²) in [5, 5.41) is 3.08. The second-order valence-electron chi connectivity index (χ2n) is 1.32. The highest BCUT2D eigenvalue weighted by Crippen LogP contribution is 1.84. The molecule has 1 unspecified atom stereocenters. The van der Waals surface area contributed by atoms with Crippen molar-refractivity contribution >= 4 is 17.8 Å². The Kier molecular flexibility index (Phi) is 5.45. The van der Waals surface area contributed by atoms with Crippen molar-refractivity contribution in [2.24, 2.45) is 5.16 Å². The summed E-state index contributed by atoms with van der Waals surface area (Å²) in [5.74, 6) is 0.121. The van der Waals surface area contributed by atoms with Gasteiger partial charge in [0, 0.05) is 12.5 Å². The molecule has 0 rings (SSSR count). The van der Waals surface area contributed by atoms with E-state index in [1.54, 1.807) is 0 Å². The lowest BCUT2D eigenvalue weighted by molar-refractivity contribution is 0.148. The maximum Gasteiger partial charge on any atom is 0.118 e. The van der Waals surface area contributed by atoms with E-state index in [4.69, 9.17) is 0 Å². The first-order valence-corrected chi connectivity index (χ1v) is 3.65. The lowest BCUT2D eigenvalue weighted by Crippen LogP contribution is -1.98. The van der Waals surface area contributed by atoms with Gasteiger partial charge >= 0.3 is 0 Å². The molecule has 0 aromatic carbocycles. The Hall–Kier alpha value is -0.420. The average Bonchev–Trinajstić information content (AvgIpc) is 1.80. The molecule has 4 nitrogen and oxygen atoms in total. The van der Waals surface area contributed by atoms with Crippen LogP contribution < -0.4 is 0 Å². The third kappa shape index (κ3) is 7.58. The van der Waals surface area contributed by atoms with Crippen molar-refractivity contribution in [1.82, 2.24) is 0 Å². The van der Waals surface area contributed by atoms with Crippen molar-refractivity contribution in [2.45, 2.75) is 6.42 Å². The molecular formula is C4H8NO3S-. The molecule has 0 aromatic rings. The summed E-state index contributed by atoms with van der Waals surface area (Å²) in [4.78, 5) is 4.42. The molecule has 0 radical (unpaired) electrons. The number of nitrogens with zero attached hydrogens (tertiary/aromatic N) is 1. The molecule has 54 valence electrons. The lowest BCUT2D eigenvalue weighted by atomic mass is 10.5. The minimum Gasteiger partial charge on any atom is -0.772 e. The van der Waals surface area contributed by atoms with Gasteiger partial charge in [0.25, 0.3) is 0 Å². The van der Waals surface area contributed by atoms with Gasteiger partial charge in [0.1, 0.15) is 6.61 Å². The van der Waals surface area contributed by atoms with Crippen molar-refractivity contribution in [3.63, 3.8) is 0 Å². The molecule has 0 aliphatic heterocycles. The Morgan fingerprint density at radius 1 is 1.78 bits per heavy atom. The minimum atomic E-state index is -1.96. The molecule has 0 amide bonds. The first-order valence-electron chi connectivity index (χ1n) is 2.41. The Balaban J connectivity index is 2.91. The van der Waals surface area contributed by atoms with Gasteiger partial charge in [-0.2, -0.15) is 0 Å². The molecule has 5 heteroatoms. The smallest absolute Gasteiger partial charge is 0.118 e. The van der Waals surface area contributed by atoms with Gasteiger partial charge in [-0.15, -0.1) is 5.16 Å². The molecule has 0 heterocycles. The largest absolute Gasteiger partial charge is 0.772 e. The van der Waals surface area contributed by atoms with Crippen LogP contribution >= 0.6 is 0 Å². The van der Waals surface area contributed by atoms with Crippen LogP contribution in [-0.4, -0.2) is 27.8 Å². The average molecular weight is 150 g/mol. The lowest BCUT2D eigenvalue weighted by Gasteiger charge is -2.01.